The Labute approximate surface area is 165 Å². The fourth-order valence-electron chi connectivity index (χ4n) is 2.67. The number of amides is 2. The van der Waals surface area contributed by atoms with E-state index in [1.165, 1.54) is 0 Å². The van der Waals surface area contributed by atoms with Gasteiger partial charge in [0, 0.05) is 24.3 Å². The van der Waals surface area contributed by atoms with Crippen molar-refractivity contribution in [3.05, 3.63) is 64.7 Å². The molecule has 0 saturated carbocycles. The number of aryl methyl sites for hydroxylation is 2. The number of carbonyl (C=O) groups is 3. The van der Waals surface area contributed by atoms with Crippen LogP contribution in [-0.4, -0.2) is 42.4 Å². The van der Waals surface area contributed by atoms with E-state index in [4.69, 9.17) is 4.74 Å². The minimum Gasteiger partial charge on any atom is -0.452 e. The lowest BCUT2D eigenvalue weighted by atomic mass is 10.1. The maximum Gasteiger partial charge on any atom is 0.338 e. The monoisotopic (exact) mass is 382 g/mol. The first-order chi connectivity index (χ1) is 13.3. The highest BCUT2D eigenvalue weighted by Gasteiger charge is 2.13. The van der Waals surface area contributed by atoms with Crippen LogP contribution in [0.25, 0.3) is 0 Å². The molecule has 0 saturated heterocycles. The predicted molar refractivity (Wildman–Crippen MR) is 109 cm³/mol. The summed E-state index contributed by atoms with van der Waals surface area (Å²) in [5.74, 6) is -1.04. The first-order valence-electron chi connectivity index (χ1n) is 9.29. The molecule has 1 N–H and O–H groups in total. The summed E-state index contributed by atoms with van der Waals surface area (Å²) in [6, 6.07) is 11.9. The molecule has 0 unspecified atom stereocenters. The first kappa shape index (κ1) is 21.2. The van der Waals surface area contributed by atoms with Crippen molar-refractivity contribution in [1.82, 2.24) is 4.90 Å². The molecule has 0 aromatic heterocycles. The molecule has 0 bridgehead atoms. The Morgan fingerprint density at radius 3 is 2.07 bits per heavy atom. The second kappa shape index (κ2) is 9.69. The van der Waals surface area contributed by atoms with Crippen LogP contribution in [0.2, 0.25) is 0 Å². The molecule has 6 nitrogen and oxygen atoms in total. The molecule has 0 aliphatic heterocycles. The zero-order valence-corrected chi connectivity index (χ0v) is 16.7. The molecule has 0 atom stereocenters. The van der Waals surface area contributed by atoms with Crippen LogP contribution < -0.4 is 5.32 Å². The smallest absolute Gasteiger partial charge is 0.338 e. The molecular formula is C22H26N2O4. The summed E-state index contributed by atoms with van der Waals surface area (Å²) in [5.41, 5.74) is 3.57. The standard InChI is InChI=1S/C22H26N2O4/c1-5-24(6-2)21(26)17-9-11-19(12-10-17)23-20(25)14-28-22(27)18-8-7-15(3)16(4)13-18/h7-13H,5-6,14H2,1-4H3,(H,23,25). The largest absolute Gasteiger partial charge is 0.452 e. The van der Waals surface area contributed by atoms with Crippen LogP contribution in [0.15, 0.2) is 42.5 Å². The molecule has 2 rings (SSSR count). The number of nitrogens with one attached hydrogen (secondary N) is 1. The van der Waals surface area contributed by atoms with Crippen molar-refractivity contribution in [3.8, 4) is 0 Å². The number of nitrogens with zero attached hydrogens (tertiary/aromatic N) is 1. The van der Waals surface area contributed by atoms with Crippen LogP contribution in [0.1, 0.15) is 45.7 Å². The van der Waals surface area contributed by atoms with Crippen molar-refractivity contribution < 1.29 is 19.1 Å². The lowest BCUT2D eigenvalue weighted by Gasteiger charge is -2.18. The van der Waals surface area contributed by atoms with Gasteiger partial charge in [0.25, 0.3) is 11.8 Å². The Morgan fingerprint density at radius 1 is 0.893 bits per heavy atom. The summed E-state index contributed by atoms with van der Waals surface area (Å²) in [6.45, 7) is 8.61. The minimum atomic E-state index is -0.543. The zero-order chi connectivity index (χ0) is 20.7. The van der Waals surface area contributed by atoms with E-state index in [0.717, 1.165) is 11.1 Å². The molecular weight excluding hydrogens is 356 g/mol. The summed E-state index contributed by atoms with van der Waals surface area (Å²) < 4.78 is 5.07. The van der Waals surface area contributed by atoms with Gasteiger partial charge in [0.05, 0.1) is 5.56 Å². The van der Waals surface area contributed by atoms with Crippen LogP contribution in [0.4, 0.5) is 5.69 Å². The SMILES string of the molecule is CCN(CC)C(=O)c1ccc(NC(=O)COC(=O)c2ccc(C)c(C)c2)cc1. The van der Waals surface area contributed by atoms with E-state index < -0.39 is 11.9 Å². The summed E-state index contributed by atoms with van der Waals surface area (Å²) in [6.07, 6.45) is 0. The van der Waals surface area contributed by atoms with E-state index in [-0.39, 0.29) is 12.5 Å². The van der Waals surface area contributed by atoms with Crippen molar-refractivity contribution in [1.29, 1.82) is 0 Å². The second-order valence-electron chi connectivity index (χ2n) is 6.48. The van der Waals surface area contributed by atoms with Gasteiger partial charge in [-0.3, -0.25) is 9.59 Å². The third kappa shape index (κ3) is 5.42. The highest BCUT2D eigenvalue weighted by molar-refractivity contribution is 5.97. The fourth-order valence-corrected chi connectivity index (χ4v) is 2.67. The van der Waals surface area contributed by atoms with Crippen LogP contribution in [-0.2, 0) is 9.53 Å². The lowest BCUT2D eigenvalue weighted by Crippen LogP contribution is -2.30. The molecule has 0 spiro atoms. The lowest BCUT2D eigenvalue weighted by molar-refractivity contribution is -0.119. The maximum absolute atomic E-state index is 12.3. The molecule has 148 valence electrons. The number of rotatable bonds is 7. The average Bonchev–Trinajstić information content (AvgIpc) is 2.69. The minimum absolute atomic E-state index is 0.0507. The van der Waals surface area contributed by atoms with Gasteiger partial charge in [0.15, 0.2) is 6.61 Å². The van der Waals surface area contributed by atoms with Crippen molar-refractivity contribution in [2.24, 2.45) is 0 Å². The Balaban J connectivity index is 1.89. The molecule has 2 amide bonds. The molecule has 2 aromatic rings. The molecule has 28 heavy (non-hydrogen) atoms. The third-order valence-electron chi connectivity index (χ3n) is 4.54. The van der Waals surface area contributed by atoms with E-state index in [0.29, 0.717) is 29.9 Å². The third-order valence-corrected chi connectivity index (χ3v) is 4.54. The Bertz CT molecular complexity index is 855. The highest BCUT2D eigenvalue weighted by Crippen LogP contribution is 2.13. The summed E-state index contributed by atoms with van der Waals surface area (Å²) in [4.78, 5) is 38.1. The Hall–Kier alpha value is -3.15. The number of esters is 1. The van der Waals surface area contributed by atoms with E-state index in [9.17, 15) is 14.4 Å². The molecule has 0 heterocycles. The molecule has 0 aliphatic carbocycles. The number of hydrogen-bond acceptors (Lipinski definition) is 4. The quantitative estimate of drug-likeness (QED) is 0.743. The predicted octanol–water partition coefficient (Wildman–Crippen LogP) is 3.58. The average molecular weight is 382 g/mol. The molecule has 2 aromatic carbocycles. The maximum atomic E-state index is 12.3. The van der Waals surface area contributed by atoms with E-state index in [2.05, 4.69) is 5.32 Å². The van der Waals surface area contributed by atoms with Gasteiger partial charge in [-0.25, -0.2) is 4.79 Å². The number of hydrogen-bond donors (Lipinski definition) is 1. The number of ether oxygens (including phenoxy) is 1. The van der Waals surface area contributed by atoms with Gasteiger partial charge in [-0.15, -0.1) is 0 Å². The second-order valence-corrected chi connectivity index (χ2v) is 6.48. The Kier molecular flexibility index (Phi) is 7.32. The number of benzene rings is 2. The summed E-state index contributed by atoms with van der Waals surface area (Å²) in [5, 5.41) is 2.65. The topological polar surface area (TPSA) is 75.7 Å². The van der Waals surface area contributed by atoms with Gasteiger partial charge in [-0.2, -0.15) is 0 Å². The normalized spacial score (nSPS) is 10.3. The van der Waals surface area contributed by atoms with E-state index in [1.807, 2.05) is 33.8 Å². The van der Waals surface area contributed by atoms with Gasteiger partial charge in [-0.05, 0) is 75.2 Å². The molecule has 6 heteroatoms. The highest BCUT2D eigenvalue weighted by atomic mass is 16.5. The molecule has 0 fully saturated rings. The van der Waals surface area contributed by atoms with E-state index >= 15 is 0 Å². The van der Waals surface area contributed by atoms with Gasteiger partial charge in [-0.1, -0.05) is 6.07 Å². The molecule has 0 aliphatic rings. The fraction of sp³-hybridized carbons (Fsp3) is 0.318. The van der Waals surface area contributed by atoms with Gasteiger partial charge in [0.2, 0.25) is 0 Å². The van der Waals surface area contributed by atoms with Crippen LogP contribution in [0.3, 0.4) is 0 Å². The van der Waals surface area contributed by atoms with Crippen molar-refractivity contribution in [3.63, 3.8) is 0 Å². The van der Waals surface area contributed by atoms with Gasteiger partial charge in [0.1, 0.15) is 0 Å². The number of carbonyl (C=O) groups excluding carboxylic acids is 3. The van der Waals surface area contributed by atoms with Crippen molar-refractivity contribution in [2.75, 3.05) is 25.0 Å². The molecule has 0 radical (unpaired) electrons. The van der Waals surface area contributed by atoms with Crippen LogP contribution in [0, 0.1) is 13.8 Å². The summed E-state index contributed by atoms with van der Waals surface area (Å²) >= 11 is 0. The summed E-state index contributed by atoms with van der Waals surface area (Å²) in [7, 11) is 0. The zero-order valence-electron chi connectivity index (χ0n) is 16.7. The van der Waals surface area contributed by atoms with Crippen LogP contribution >= 0.6 is 0 Å². The Morgan fingerprint density at radius 2 is 1.50 bits per heavy atom. The van der Waals surface area contributed by atoms with E-state index in [1.54, 1.807) is 41.3 Å². The van der Waals surface area contributed by atoms with Crippen LogP contribution in [0.5, 0.6) is 0 Å². The number of anilines is 1. The van der Waals surface area contributed by atoms with Crippen molar-refractivity contribution >= 4 is 23.5 Å². The van der Waals surface area contributed by atoms with Crippen molar-refractivity contribution in [2.45, 2.75) is 27.7 Å². The van der Waals surface area contributed by atoms with Gasteiger partial charge >= 0.3 is 5.97 Å². The van der Waals surface area contributed by atoms with Gasteiger partial charge < -0.3 is 15.0 Å². The first-order valence-corrected chi connectivity index (χ1v) is 9.29.